The zero-order chi connectivity index (χ0) is 0. The first-order valence-electron chi connectivity index (χ1n) is 0. The molecule has 46 valence electrons. The van der Waals surface area contributed by atoms with E-state index in [0.717, 1.165) is 0 Å². The minimum atomic E-state index is 0. The fourth-order valence-corrected chi connectivity index (χ4v) is 0. The quantitative estimate of drug-likeness (QED) is 0.382. The molecule has 0 fully saturated rings. The predicted octanol–water partition coefficient (Wildman–Crippen LogP) is -8.06. The Morgan fingerprint density at radius 2 is 0.700 bits per heavy atom. The molecule has 0 unspecified atom stereocenters. The van der Waals surface area contributed by atoms with Crippen LogP contribution in [-0.4, -0.2) is 66.3 Å². The third-order valence-electron chi connectivity index (χ3n) is 0. The summed E-state index contributed by atoms with van der Waals surface area (Å²) in [6.45, 7) is 0. The molecular formula is H2CaFeKMgNaO5. The van der Waals surface area contributed by atoms with Crippen LogP contribution in [0.25, 0.3) is 0 Å². The second-order valence-corrected chi connectivity index (χ2v) is 0. The molecule has 0 aliphatic carbocycles. The first-order valence-corrected chi connectivity index (χ1v) is 0. The van der Waals surface area contributed by atoms with Gasteiger partial charge in [-0.1, -0.05) is 0 Å². The van der Waals surface area contributed by atoms with Gasteiger partial charge < -0.3 is 27.4 Å². The third-order valence-corrected chi connectivity index (χ3v) is 0. The SMILES string of the molecule is O.[Ca+2].[Fe+2].[K+].[Mg+2].[Na+].[O-2].[O-2].[O-2].[O-2]. The first kappa shape index (κ1) is 118. The summed E-state index contributed by atoms with van der Waals surface area (Å²) < 4.78 is 0. The van der Waals surface area contributed by atoms with Crippen molar-refractivity contribution in [3.63, 3.8) is 0 Å². The van der Waals surface area contributed by atoms with Gasteiger partial charge in [-0.2, -0.15) is 0 Å². The van der Waals surface area contributed by atoms with Crippen LogP contribution in [0.4, 0.5) is 0 Å². The Labute approximate surface area is 181 Å². The van der Waals surface area contributed by atoms with Crippen LogP contribution in [-0.2, 0) is 39.0 Å². The molecule has 0 aromatic rings. The Morgan fingerprint density at radius 3 is 0.700 bits per heavy atom. The fourth-order valence-electron chi connectivity index (χ4n) is 0. The van der Waals surface area contributed by atoms with E-state index in [-0.39, 0.29) is 186 Å². The molecular weight excluding hydrogens is 262 g/mol. The fraction of sp³-hybridized carbons (Fsp3) is 0. The molecule has 2 N–H and O–H groups in total. The van der Waals surface area contributed by atoms with Crippen LogP contribution >= 0.6 is 0 Å². The van der Waals surface area contributed by atoms with Gasteiger partial charge >= 0.3 is 159 Å². The number of hydrogen-bond donors (Lipinski definition) is 0. The summed E-state index contributed by atoms with van der Waals surface area (Å²) >= 11 is 0. The average Bonchev–Trinajstić information content (AvgIpc) is 0. The van der Waals surface area contributed by atoms with Crippen molar-refractivity contribution in [2.45, 2.75) is 0 Å². The molecule has 0 heterocycles. The van der Waals surface area contributed by atoms with E-state index in [2.05, 4.69) is 0 Å². The smallest absolute Gasteiger partial charge is 2.00 e. The second-order valence-electron chi connectivity index (χ2n) is 0. The summed E-state index contributed by atoms with van der Waals surface area (Å²) in [6.07, 6.45) is 0. The molecule has 0 aromatic heterocycles. The van der Waals surface area contributed by atoms with Crippen LogP contribution in [0.5, 0.6) is 0 Å². The van der Waals surface area contributed by atoms with E-state index in [1.54, 1.807) is 0 Å². The number of rotatable bonds is 0. The van der Waals surface area contributed by atoms with E-state index < -0.39 is 0 Å². The molecule has 0 spiro atoms. The molecule has 0 saturated heterocycles. The Hall–Kier alpha value is 4.98. The van der Waals surface area contributed by atoms with Crippen molar-refractivity contribution in [2.24, 2.45) is 0 Å². The molecule has 0 aromatic carbocycles. The van der Waals surface area contributed by atoms with Crippen molar-refractivity contribution in [2.75, 3.05) is 0 Å². The zero-order valence-electron chi connectivity index (χ0n) is 5.90. The number of hydrogen-bond acceptors (Lipinski definition) is 0. The Morgan fingerprint density at radius 1 is 0.700 bits per heavy atom. The van der Waals surface area contributed by atoms with Gasteiger partial charge in [0.05, 0.1) is 0 Å². The van der Waals surface area contributed by atoms with Gasteiger partial charge in [0.2, 0.25) is 0 Å². The van der Waals surface area contributed by atoms with Crippen LogP contribution in [0, 0.1) is 0 Å². The van der Waals surface area contributed by atoms with Gasteiger partial charge in [-0.25, -0.2) is 0 Å². The normalized spacial score (nSPS) is 0. The summed E-state index contributed by atoms with van der Waals surface area (Å²) in [5.41, 5.74) is 0. The summed E-state index contributed by atoms with van der Waals surface area (Å²) in [4.78, 5) is 0. The molecule has 0 amide bonds. The van der Waals surface area contributed by atoms with Crippen molar-refractivity contribution in [1.29, 1.82) is 0 Å². The van der Waals surface area contributed by atoms with E-state index in [1.165, 1.54) is 0 Å². The van der Waals surface area contributed by atoms with Crippen LogP contribution in [0.15, 0.2) is 0 Å². The average molecular weight is 264 g/mol. The topological polar surface area (TPSA) is 146 Å². The zero-order valence-corrected chi connectivity index (χ0v) is 15.8. The van der Waals surface area contributed by atoms with E-state index in [0.29, 0.717) is 0 Å². The van der Waals surface area contributed by atoms with Crippen molar-refractivity contribution in [3.05, 3.63) is 0 Å². The maximum absolute atomic E-state index is 0. The molecule has 10 heavy (non-hydrogen) atoms. The summed E-state index contributed by atoms with van der Waals surface area (Å²) in [5, 5.41) is 0. The standard InChI is InChI=1S/Ca.Fe.K.Mg.Na.H2O.4O/h;;;;;1H2;;;;/q2*+2;+1;+2;+1;;4*-2. The van der Waals surface area contributed by atoms with E-state index in [4.69, 9.17) is 0 Å². The van der Waals surface area contributed by atoms with Crippen molar-refractivity contribution < 1.29 is 125 Å². The van der Waals surface area contributed by atoms with E-state index in [9.17, 15) is 0 Å². The molecule has 0 aliphatic heterocycles. The second kappa shape index (κ2) is 94.9. The van der Waals surface area contributed by atoms with Gasteiger partial charge in [0.1, 0.15) is 0 Å². The van der Waals surface area contributed by atoms with Crippen LogP contribution in [0.2, 0.25) is 0 Å². The maximum atomic E-state index is 0. The predicted molar refractivity (Wildman–Crippen MR) is 17.9 cm³/mol. The van der Waals surface area contributed by atoms with E-state index >= 15 is 0 Å². The first-order chi connectivity index (χ1) is 0. The van der Waals surface area contributed by atoms with Crippen molar-refractivity contribution in [1.82, 2.24) is 0 Å². The van der Waals surface area contributed by atoms with Crippen LogP contribution < -0.4 is 80.9 Å². The Balaban J connectivity index is 0. The van der Waals surface area contributed by atoms with Gasteiger partial charge in [0.25, 0.3) is 0 Å². The van der Waals surface area contributed by atoms with Crippen LogP contribution in [0.3, 0.4) is 0 Å². The molecule has 0 radical (unpaired) electrons. The largest absolute Gasteiger partial charge is 2.00 e. The van der Waals surface area contributed by atoms with Gasteiger partial charge in [-0.15, -0.1) is 0 Å². The van der Waals surface area contributed by atoms with Gasteiger partial charge in [0, 0.05) is 0 Å². The monoisotopic (exact) mass is 264 g/mol. The van der Waals surface area contributed by atoms with E-state index in [1.807, 2.05) is 0 Å². The molecule has 0 atom stereocenters. The van der Waals surface area contributed by atoms with Gasteiger partial charge in [-0.3, -0.25) is 0 Å². The van der Waals surface area contributed by atoms with Crippen molar-refractivity contribution in [3.8, 4) is 0 Å². The van der Waals surface area contributed by atoms with Gasteiger partial charge in [-0.05, 0) is 0 Å². The summed E-state index contributed by atoms with van der Waals surface area (Å²) in [6, 6.07) is 0. The Bertz CT molecular complexity index is 21.6. The minimum absolute atomic E-state index is 0. The Kier molecular flexibility index (Phi) is 1120. The minimum Gasteiger partial charge on any atom is -2.00 e. The molecule has 0 aliphatic rings. The third kappa shape index (κ3) is 75.1. The molecule has 0 bridgehead atoms. The molecule has 0 saturated carbocycles. The van der Waals surface area contributed by atoms with Crippen LogP contribution in [0.1, 0.15) is 0 Å². The molecule has 10 heteroatoms. The molecule has 0 rings (SSSR count). The summed E-state index contributed by atoms with van der Waals surface area (Å²) in [5.74, 6) is 0. The van der Waals surface area contributed by atoms with Crippen molar-refractivity contribution >= 4 is 60.8 Å². The summed E-state index contributed by atoms with van der Waals surface area (Å²) in [7, 11) is 0. The maximum Gasteiger partial charge on any atom is 2.00 e. The van der Waals surface area contributed by atoms with Gasteiger partial charge in [0.15, 0.2) is 0 Å². The molecule has 5 nitrogen and oxygen atoms in total.